The largest absolute Gasteiger partial charge is 0.388 e. The van der Waals surface area contributed by atoms with Crippen LogP contribution in [-0.2, 0) is 11.2 Å². The molecule has 0 bridgehead atoms. The van der Waals surface area contributed by atoms with Crippen LogP contribution in [0.15, 0.2) is 18.2 Å². The molecule has 2 rings (SSSR count). The number of carbonyl (C=O) groups is 1. The van der Waals surface area contributed by atoms with Gasteiger partial charge in [0.25, 0.3) is 0 Å². The van der Waals surface area contributed by atoms with Crippen molar-refractivity contribution < 1.29 is 18.7 Å². The van der Waals surface area contributed by atoms with Crippen molar-refractivity contribution in [2.75, 3.05) is 13.1 Å². The van der Waals surface area contributed by atoms with E-state index in [-0.39, 0.29) is 24.4 Å². The average Bonchev–Trinajstić information content (AvgIpc) is 2.33. The maximum atomic E-state index is 13.5. The summed E-state index contributed by atoms with van der Waals surface area (Å²) in [5, 5.41) is 9.93. The molecule has 1 saturated heterocycles. The number of hydrogen-bond donors (Lipinski definition) is 1. The van der Waals surface area contributed by atoms with Gasteiger partial charge in [0.05, 0.1) is 12.0 Å². The number of hydrogen-bond acceptors (Lipinski definition) is 2. The Kier molecular flexibility index (Phi) is 3.85. The van der Waals surface area contributed by atoms with Gasteiger partial charge in [0, 0.05) is 18.7 Å². The van der Waals surface area contributed by atoms with Gasteiger partial charge < -0.3 is 10.0 Å². The Bertz CT molecular complexity index is 488. The molecule has 1 amide bonds. The summed E-state index contributed by atoms with van der Waals surface area (Å²) in [5.41, 5.74) is -0.843. The van der Waals surface area contributed by atoms with Gasteiger partial charge in [-0.1, -0.05) is 12.1 Å². The van der Waals surface area contributed by atoms with Crippen LogP contribution in [0.2, 0.25) is 0 Å². The third-order valence-corrected chi connectivity index (χ3v) is 3.40. The molecule has 0 aromatic heterocycles. The number of aliphatic hydroxyl groups is 1. The lowest BCUT2D eigenvalue weighted by Crippen LogP contribution is -2.49. The van der Waals surface area contributed by atoms with Crippen molar-refractivity contribution in [3.05, 3.63) is 35.4 Å². The number of nitrogens with zero attached hydrogens (tertiary/aromatic N) is 1. The lowest BCUT2D eigenvalue weighted by atomic mass is 9.94. The van der Waals surface area contributed by atoms with Crippen LogP contribution in [0.4, 0.5) is 8.78 Å². The highest BCUT2D eigenvalue weighted by Crippen LogP contribution is 2.21. The first-order valence-electron chi connectivity index (χ1n) is 6.32. The van der Waals surface area contributed by atoms with E-state index < -0.39 is 17.2 Å². The fourth-order valence-corrected chi connectivity index (χ4v) is 2.39. The minimum absolute atomic E-state index is 0.0511. The Morgan fingerprint density at radius 2 is 2.21 bits per heavy atom. The van der Waals surface area contributed by atoms with Gasteiger partial charge in [-0.3, -0.25) is 4.79 Å². The highest BCUT2D eigenvalue weighted by atomic mass is 19.2. The molecule has 1 aromatic rings. The smallest absolute Gasteiger partial charge is 0.227 e. The van der Waals surface area contributed by atoms with E-state index in [1.54, 1.807) is 6.92 Å². The van der Waals surface area contributed by atoms with Gasteiger partial charge in [-0.05, 0) is 25.8 Å². The molecule has 1 atom stereocenters. The fraction of sp³-hybridized carbons (Fsp3) is 0.500. The number of amides is 1. The minimum Gasteiger partial charge on any atom is -0.388 e. The highest BCUT2D eigenvalue weighted by Gasteiger charge is 2.31. The molecule has 1 aliphatic rings. The molecule has 1 aromatic carbocycles. The quantitative estimate of drug-likeness (QED) is 0.890. The molecule has 1 fully saturated rings. The first kappa shape index (κ1) is 13.9. The number of likely N-dealkylation sites (tertiary alicyclic amines) is 1. The van der Waals surface area contributed by atoms with Crippen LogP contribution in [0.1, 0.15) is 25.3 Å². The number of benzene rings is 1. The van der Waals surface area contributed by atoms with Gasteiger partial charge in [0.15, 0.2) is 11.6 Å². The summed E-state index contributed by atoms with van der Waals surface area (Å²) < 4.78 is 26.5. The van der Waals surface area contributed by atoms with Crippen molar-refractivity contribution in [2.24, 2.45) is 0 Å². The molecule has 1 heterocycles. The molecule has 104 valence electrons. The van der Waals surface area contributed by atoms with Gasteiger partial charge in [0.1, 0.15) is 0 Å². The molecule has 5 heteroatoms. The van der Waals surface area contributed by atoms with Gasteiger partial charge in [-0.15, -0.1) is 0 Å². The molecular formula is C14H17F2NO2. The summed E-state index contributed by atoms with van der Waals surface area (Å²) in [5.74, 6) is -2.21. The molecule has 0 radical (unpaired) electrons. The van der Waals surface area contributed by atoms with Crippen molar-refractivity contribution in [1.29, 1.82) is 0 Å². The van der Waals surface area contributed by atoms with Crippen molar-refractivity contribution >= 4 is 5.91 Å². The van der Waals surface area contributed by atoms with E-state index in [4.69, 9.17) is 0 Å². The van der Waals surface area contributed by atoms with Crippen LogP contribution in [0.25, 0.3) is 0 Å². The number of halogens is 2. The van der Waals surface area contributed by atoms with Crippen molar-refractivity contribution in [2.45, 2.75) is 31.8 Å². The number of β-amino-alcohol motifs (C(OH)–C–C–N with tert-alkyl or cyclic N) is 1. The van der Waals surface area contributed by atoms with Crippen LogP contribution in [-0.4, -0.2) is 34.6 Å². The zero-order valence-corrected chi connectivity index (χ0v) is 10.8. The van der Waals surface area contributed by atoms with Gasteiger partial charge in [-0.25, -0.2) is 8.78 Å². The van der Waals surface area contributed by atoms with Crippen LogP contribution in [0.3, 0.4) is 0 Å². The summed E-state index contributed by atoms with van der Waals surface area (Å²) in [7, 11) is 0. The van der Waals surface area contributed by atoms with Crippen LogP contribution < -0.4 is 0 Å². The Labute approximate surface area is 110 Å². The van der Waals surface area contributed by atoms with Crippen molar-refractivity contribution in [1.82, 2.24) is 4.90 Å². The summed E-state index contributed by atoms with van der Waals surface area (Å²) in [4.78, 5) is 13.6. The average molecular weight is 269 g/mol. The number of carbonyl (C=O) groups excluding carboxylic acids is 1. The van der Waals surface area contributed by atoms with Crippen LogP contribution in [0, 0.1) is 11.6 Å². The van der Waals surface area contributed by atoms with Gasteiger partial charge in [0.2, 0.25) is 5.91 Å². The molecule has 0 aliphatic carbocycles. The monoisotopic (exact) mass is 269 g/mol. The fourth-order valence-electron chi connectivity index (χ4n) is 2.39. The van der Waals surface area contributed by atoms with Gasteiger partial charge in [-0.2, -0.15) is 0 Å². The molecular weight excluding hydrogens is 252 g/mol. The van der Waals surface area contributed by atoms with E-state index in [1.165, 1.54) is 17.0 Å². The van der Waals surface area contributed by atoms with E-state index in [0.29, 0.717) is 19.4 Å². The van der Waals surface area contributed by atoms with E-state index in [1.807, 2.05) is 0 Å². The molecule has 19 heavy (non-hydrogen) atoms. The lowest BCUT2D eigenvalue weighted by molar-refractivity contribution is -0.136. The topological polar surface area (TPSA) is 40.5 Å². The lowest BCUT2D eigenvalue weighted by Gasteiger charge is -2.36. The third-order valence-electron chi connectivity index (χ3n) is 3.40. The van der Waals surface area contributed by atoms with Crippen LogP contribution in [0.5, 0.6) is 0 Å². The Hall–Kier alpha value is -1.49. The predicted octanol–water partition coefficient (Wildman–Crippen LogP) is 1.88. The van der Waals surface area contributed by atoms with Gasteiger partial charge >= 0.3 is 0 Å². The second-order valence-electron chi connectivity index (χ2n) is 5.31. The van der Waals surface area contributed by atoms with E-state index in [2.05, 4.69) is 0 Å². The van der Waals surface area contributed by atoms with E-state index >= 15 is 0 Å². The Morgan fingerprint density at radius 1 is 1.47 bits per heavy atom. The normalized spacial score (nSPS) is 23.5. The summed E-state index contributed by atoms with van der Waals surface area (Å²) in [6.07, 6.45) is 1.18. The maximum Gasteiger partial charge on any atom is 0.227 e. The molecule has 1 aliphatic heterocycles. The molecule has 1 N–H and O–H groups in total. The second kappa shape index (κ2) is 5.25. The SMILES string of the molecule is CC1(O)CCCN(C(=O)Cc2cccc(F)c2F)C1. The summed E-state index contributed by atoms with van der Waals surface area (Å²) >= 11 is 0. The summed E-state index contributed by atoms with van der Waals surface area (Å²) in [6, 6.07) is 3.81. The Morgan fingerprint density at radius 3 is 2.89 bits per heavy atom. The second-order valence-corrected chi connectivity index (χ2v) is 5.31. The van der Waals surface area contributed by atoms with Crippen LogP contribution >= 0.6 is 0 Å². The first-order chi connectivity index (χ1) is 8.89. The molecule has 0 spiro atoms. The van der Waals surface area contributed by atoms with Crippen molar-refractivity contribution in [3.8, 4) is 0 Å². The first-order valence-corrected chi connectivity index (χ1v) is 6.32. The Balaban J connectivity index is 2.07. The zero-order valence-electron chi connectivity index (χ0n) is 10.8. The highest BCUT2D eigenvalue weighted by molar-refractivity contribution is 5.79. The molecule has 1 unspecified atom stereocenters. The maximum absolute atomic E-state index is 13.5. The van der Waals surface area contributed by atoms with Crippen molar-refractivity contribution in [3.63, 3.8) is 0 Å². The predicted molar refractivity (Wildman–Crippen MR) is 66.5 cm³/mol. The third kappa shape index (κ3) is 3.29. The number of piperidine rings is 1. The standard InChI is InChI=1S/C14H17F2NO2/c1-14(19)6-3-7-17(9-14)12(18)8-10-4-2-5-11(15)13(10)16/h2,4-5,19H,3,6-9H2,1H3. The van der Waals surface area contributed by atoms with E-state index in [0.717, 1.165) is 6.07 Å². The minimum atomic E-state index is -0.973. The molecule has 3 nitrogen and oxygen atoms in total. The zero-order chi connectivity index (χ0) is 14.0. The summed E-state index contributed by atoms with van der Waals surface area (Å²) in [6.45, 7) is 2.46. The van der Waals surface area contributed by atoms with E-state index in [9.17, 15) is 18.7 Å². The number of rotatable bonds is 2. The molecule has 0 saturated carbocycles.